The van der Waals surface area contributed by atoms with Gasteiger partial charge in [0.1, 0.15) is 5.82 Å². The van der Waals surface area contributed by atoms with E-state index in [1.165, 1.54) is 24.3 Å². The number of nitrogens with zero attached hydrogens (tertiary/aromatic N) is 3. The van der Waals surface area contributed by atoms with Crippen LogP contribution in [0.4, 0.5) is 10.3 Å². The first-order valence-corrected chi connectivity index (χ1v) is 8.82. The third-order valence-electron chi connectivity index (χ3n) is 4.76. The summed E-state index contributed by atoms with van der Waals surface area (Å²) in [5.41, 5.74) is 8.26. The number of hydrogen-bond acceptors (Lipinski definition) is 5. The Bertz CT molecular complexity index is 1070. The summed E-state index contributed by atoms with van der Waals surface area (Å²) in [4.78, 5) is 35.9. The first kappa shape index (κ1) is 17.8. The van der Waals surface area contributed by atoms with E-state index in [2.05, 4.69) is 9.97 Å². The van der Waals surface area contributed by atoms with Gasteiger partial charge >= 0.3 is 0 Å². The lowest BCUT2D eigenvalue weighted by Gasteiger charge is -2.28. The number of anilines is 1. The lowest BCUT2D eigenvalue weighted by atomic mass is 9.96. The van der Waals surface area contributed by atoms with Gasteiger partial charge in [-0.05, 0) is 42.3 Å². The molecule has 2 N–H and O–H groups in total. The van der Waals surface area contributed by atoms with Gasteiger partial charge in [0.15, 0.2) is 5.78 Å². The van der Waals surface area contributed by atoms with Crippen molar-refractivity contribution in [1.82, 2.24) is 14.9 Å². The maximum atomic E-state index is 13.2. The number of nitrogen functional groups attached to an aromatic ring is 1. The highest BCUT2D eigenvalue weighted by Crippen LogP contribution is 2.22. The monoisotopic (exact) mass is 376 g/mol. The smallest absolute Gasteiger partial charge is 0.254 e. The van der Waals surface area contributed by atoms with Gasteiger partial charge < -0.3 is 10.6 Å². The van der Waals surface area contributed by atoms with Crippen LogP contribution in [-0.4, -0.2) is 33.1 Å². The number of nitrogens with two attached hydrogens (primary N) is 1. The Hall–Kier alpha value is -3.61. The third kappa shape index (κ3) is 3.34. The fraction of sp³-hybridized carbons (Fsp3) is 0.143. The van der Waals surface area contributed by atoms with Crippen LogP contribution in [0.1, 0.15) is 37.5 Å². The Morgan fingerprint density at radius 3 is 2.50 bits per heavy atom. The van der Waals surface area contributed by atoms with Crippen molar-refractivity contribution >= 4 is 17.6 Å². The van der Waals surface area contributed by atoms with Crippen LogP contribution in [0, 0.1) is 5.82 Å². The molecule has 2 heterocycles. The summed E-state index contributed by atoms with van der Waals surface area (Å²) in [6.45, 7) is 0.804. The Morgan fingerprint density at radius 1 is 1.04 bits per heavy atom. The zero-order chi connectivity index (χ0) is 19.7. The highest BCUT2D eigenvalue weighted by atomic mass is 19.1. The van der Waals surface area contributed by atoms with Crippen LogP contribution >= 0.6 is 0 Å². The maximum Gasteiger partial charge on any atom is 0.254 e. The molecule has 0 radical (unpaired) electrons. The molecule has 1 aromatic heterocycles. The summed E-state index contributed by atoms with van der Waals surface area (Å²) >= 11 is 0. The zero-order valence-electron chi connectivity index (χ0n) is 14.9. The molecule has 6 nitrogen and oxygen atoms in total. The van der Waals surface area contributed by atoms with Crippen LogP contribution in [0.2, 0.25) is 0 Å². The zero-order valence-corrected chi connectivity index (χ0v) is 14.9. The topological polar surface area (TPSA) is 89.2 Å². The van der Waals surface area contributed by atoms with Gasteiger partial charge in [-0.25, -0.2) is 14.4 Å². The lowest BCUT2D eigenvalue weighted by molar-refractivity contribution is 0.0728. The summed E-state index contributed by atoms with van der Waals surface area (Å²) < 4.78 is 13.2. The summed E-state index contributed by atoms with van der Waals surface area (Å²) in [5.74, 6) is -0.837. The number of ketones is 1. The average molecular weight is 376 g/mol. The predicted molar refractivity (Wildman–Crippen MR) is 101 cm³/mol. The minimum atomic E-state index is -0.422. The molecule has 0 atom stereocenters. The van der Waals surface area contributed by atoms with Crippen LogP contribution in [0.15, 0.2) is 54.7 Å². The van der Waals surface area contributed by atoms with E-state index in [-0.39, 0.29) is 23.2 Å². The quantitative estimate of drug-likeness (QED) is 0.710. The second-order valence-electron chi connectivity index (χ2n) is 6.56. The average Bonchev–Trinajstić information content (AvgIpc) is 2.72. The molecule has 3 aromatic rings. The molecule has 28 heavy (non-hydrogen) atoms. The molecule has 1 aliphatic rings. The van der Waals surface area contributed by atoms with Gasteiger partial charge in [-0.2, -0.15) is 0 Å². The molecule has 0 saturated heterocycles. The van der Waals surface area contributed by atoms with E-state index in [1.54, 1.807) is 35.4 Å². The molecule has 0 bridgehead atoms. The van der Waals surface area contributed by atoms with Crippen molar-refractivity contribution in [3.8, 4) is 0 Å². The van der Waals surface area contributed by atoms with Crippen LogP contribution < -0.4 is 5.73 Å². The summed E-state index contributed by atoms with van der Waals surface area (Å²) in [7, 11) is 0. The Balaban J connectivity index is 1.64. The number of aromatic nitrogens is 2. The second kappa shape index (κ2) is 7.19. The molecule has 0 aliphatic carbocycles. The van der Waals surface area contributed by atoms with Crippen molar-refractivity contribution in [3.05, 3.63) is 88.5 Å². The Labute approximate surface area is 160 Å². The normalized spacial score (nSPS) is 13.1. The fourth-order valence-electron chi connectivity index (χ4n) is 3.29. The van der Waals surface area contributed by atoms with Gasteiger partial charge in [-0.1, -0.05) is 18.2 Å². The fourth-order valence-corrected chi connectivity index (χ4v) is 3.29. The molecule has 0 fully saturated rings. The third-order valence-corrected chi connectivity index (χ3v) is 4.76. The van der Waals surface area contributed by atoms with Gasteiger partial charge in [0.25, 0.3) is 5.91 Å². The predicted octanol–water partition coefficient (Wildman–Crippen LogP) is 2.63. The van der Waals surface area contributed by atoms with Crippen molar-refractivity contribution in [2.75, 3.05) is 12.3 Å². The number of carbonyl (C=O) groups is 2. The van der Waals surface area contributed by atoms with E-state index in [4.69, 9.17) is 5.73 Å². The van der Waals surface area contributed by atoms with E-state index in [9.17, 15) is 14.0 Å². The number of rotatable bonds is 3. The van der Waals surface area contributed by atoms with Crippen molar-refractivity contribution < 1.29 is 14.0 Å². The van der Waals surface area contributed by atoms with E-state index >= 15 is 0 Å². The molecule has 0 spiro atoms. The van der Waals surface area contributed by atoms with Crippen molar-refractivity contribution in [2.24, 2.45) is 0 Å². The number of amides is 1. The SMILES string of the molecule is Nc1ncc2c(n1)CN(C(=O)c1ccccc1C(=O)c1ccc(F)cc1)CC2. The number of halogens is 1. The van der Waals surface area contributed by atoms with Crippen LogP contribution in [-0.2, 0) is 13.0 Å². The Kier molecular flexibility index (Phi) is 4.57. The molecular formula is C21H17FN4O2. The molecule has 1 amide bonds. The molecule has 4 rings (SSSR count). The molecule has 7 heteroatoms. The van der Waals surface area contributed by atoms with Gasteiger partial charge in [0, 0.05) is 23.9 Å². The molecule has 0 unspecified atom stereocenters. The first-order valence-electron chi connectivity index (χ1n) is 8.82. The van der Waals surface area contributed by atoms with Gasteiger partial charge in [0.05, 0.1) is 17.8 Å². The lowest BCUT2D eigenvalue weighted by Crippen LogP contribution is -2.37. The van der Waals surface area contributed by atoms with Crippen molar-refractivity contribution in [1.29, 1.82) is 0 Å². The maximum absolute atomic E-state index is 13.2. The molecular weight excluding hydrogens is 359 g/mol. The number of benzene rings is 2. The van der Waals surface area contributed by atoms with Crippen LogP contribution in [0.3, 0.4) is 0 Å². The molecule has 0 saturated carbocycles. The Morgan fingerprint density at radius 2 is 1.75 bits per heavy atom. The van der Waals surface area contributed by atoms with Crippen molar-refractivity contribution in [3.63, 3.8) is 0 Å². The molecule has 1 aliphatic heterocycles. The number of hydrogen-bond donors (Lipinski definition) is 1. The van der Waals surface area contributed by atoms with E-state index in [0.29, 0.717) is 30.6 Å². The standard InChI is InChI=1S/C21H17FN4O2/c22-15-7-5-13(6-8-15)19(27)16-3-1-2-4-17(16)20(28)26-10-9-14-11-24-21(23)25-18(14)12-26/h1-8,11H,9-10,12H2,(H2,23,24,25). The van der Waals surface area contributed by atoms with Crippen molar-refractivity contribution in [2.45, 2.75) is 13.0 Å². The van der Waals surface area contributed by atoms with Crippen LogP contribution in [0.5, 0.6) is 0 Å². The summed E-state index contributed by atoms with van der Waals surface area (Å²) in [6.07, 6.45) is 2.31. The largest absolute Gasteiger partial charge is 0.368 e. The van der Waals surface area contributed by atoms with Gasteiger partial charge in [-0.3, -0.25) is 9.59 Å². The van der Waals surface area contributed by atoms with Crippen LogP contribution in [0.25, 0.3) is 0 Å². The first-order chi connectivity index (χ1) is 13.5. The number of carbonyl (C=O) groups excluding carboxylic acids is 2. The van der Waals surface area contributed by atoms with E-state index in [1.807, 2.05) is 0 Å². The highest BCUT2D eigenvalue weighted by molar-refractivity contribution is 6.15. The van der Waals surface area contributed by atoms with Gasteiger partial charge in [-0.15, -0.1) is 0 Å². The number of fused-ring (bicyclic) bond motifs is 1. The van der Waals surface area contributed by atoms with E-state index < -0.39 is 5.82 Å². The van der Waals surface area contributed by atoms with Gasteiger partial charge in [0.2, 0.25) is 5.95 Å². The minimum absolute atomic E-state index is 0.167. The van der Waals surface area contributed by atoms with E-state index in [0.717, 1.165) is 11.3 Å². The molecule has 2 aromatic carbocycles. The second-order valence-corrected chi connectivity index (χ2v) is 6.56. The summed E-state index contributed by atoms with van der Waals surface area (Å²) in [5, 5.41) is 0. The molecule has 140 valence electrons. The minimum Gasteiger partial charge on any atom is -0.368 e. The highest BCUT2D eigenvalue weighted by Gasteiger charge is 2.26. The summed E-state index contributed by atoms with van der Waals surface area (Å²) in [6, 6.07) is 11.9.